The van der Waals surface area contributed by atoms with E-state index in [4.69, 9.17) is 18.9 Å². The number of rotatable bonds is 6. The molecule has 0 bridgehead atoms. The van der Waals surface area contributed by atoms with Crippen LogP contribution in [0.25, 0.3) is 0 Å². The molecule has 0 aliphatic carbocycles. The molecular weight excluding hydrogens is 424 g/mol. The Morgan fingerprint density at radius 3 is 2.57 bits per heavy atom. The predicted molar refractivity (Wildman–Crippen MR) is 109 cm³/mol. The lowest BCUT2D eigenvalue weighted by Crippen LogP contribution is -2.31. The van der Waals surface area contributed by atoms with E-state index in [1.165, 1.54) is 7.11 Å². The summed E-state index contributed by atoms with van der Waals surface area (Å²) in [5.41, 5.74) is 1.87. The predicted octanol–water partition coefficient (Wildman–Crippen LogP) is 4.84. The summed E-state index contributed by atoms with van der Waals surface area (Å²) >= 11 is 3.55. The van der Waals surface area contributed by atoms with Crippen molar-refractivity contribution in [3.63, 3.8) is 0 Å². The second-order valence-corrected chi connectivity index (χ2v) is 7.46. The zero-order valence-corrected chi connectivity index (χ0v) is 17.6. The van der Waals surface area contributed by atoms with E-state index in [-0.39, 0.29) is 12.0 Å². The van der Waals surface area contributed by atoms with E-state index in [1.54, 1.807) is 13.2 Å². The van der Waals surface area contributed by atoms with Gasteiger partial charge in [-0.25, -0.2) is 4.79 Å². The number of carbonyl (C=O) groups excluding carboxylic acids is 1. The fourth-order valence-electron chi connectivity index (χ4n) is 3.17. The standard InChI is InChI=1S/C22H23BrO5/c1-14-9-10-18(22(24)26-3)28-20(14)17-11-16(23)12-19(21(17)25-2)27-13-15-7-5-4-6-8-15/h4-12,14,18,20H,13H2,1-3H3/t14-,18-,20-/m0/s1. The Bertz CT molecular complexity index is 850. The van der Waals surface area contributed by atoms with Gasteiger partial charge in [-0.1, -0.05) is 59.3 Å². The minimum absolute atomic E-state index is 0.0473. The molecule has 1 aliphatic rings. The molecule has 2 aromatic rings. The molecule has 0 radical (unpaired) electrons. The van der Waals surface area contributed by atoms with Crippen molar-refractivity contribution >= 4 is 21.9 Å². The average molecular weight is 447 g/mol. The maximum absolute atomic E-state index is 11.9. The Labute approximate surface area is 173 Å². The number of carbonyl (C=O) groups is 1. The molecule has 0 fully saturated rings. The summed E-state index contributed by atoms with van der Waals surface area (Å²) < 4.78 is 23.4. The molecule has 0 N–H and O–H groups in total. The molecule has 28 heavy (non-hydrogen) atoms. The molecule has 0 amide bonds. The van der Waals surface area contributed by atoms with Gasteiger partial charge in [0.25, 0.3) is 0 Å². The quantitative estimate of drug-likeness (QED) is 0.469. The van der Waals surface area contributed by atoms with Gasteiger partial charge in [-0.3, -0.25) is 0 Å². The second kappa shape index (κ2) is 9.26. The molecule has 5 nitrogen and oxygen atoms in total. The SMILES string of the molecule is COC(=O)[C@@H]1C=C[C@H](C)[C@@H](c2cc(Br)cc(OCc3ccccc3)c2OC)O1. The monoisotopic (exact) mass is 446 g/mol. The molecule has 1 heterocycles. The first-order chi connectivity index (χ1) is 13.5. The van der Waals surface area contributed by atoms with E-state index in [1.807, 2.05) is 55.5 Å². The van der Waals surface area contributed by atoms with Gasteiger partial charge in [-0.05, 0) is 23.8 Å². The van der Waals surface area contributed by atoms with Crippen LogP contribution in [0.4, 0.5) is 0 Å². The lowest BCUT2D eigenvalue weighted by molar-refractivity contribution is -0.156. The highest BCUT2D eigenvalue weighted by molar-refractivity contribution is 9.10. The molecule has 3 rings (SSSR count). The van der Waals surface area contributed by atoms with Crippen LogP contribution in [-0.4, -0.2) is 26.3 Å². The Hall–Kier alpha value is -2.31. The van der Waals surface area contributed by atoms with Crippen molar-refractivity contribution in [2.75, 3.05) is 14.2 Å². The van der Waals surface area contributed by atoms with E-state index >= 15 is 0 Å². The van der Waals surface area contributed by atoms with Crippen LogP contribution in [0.5, 0.6) is 11.5 Å². The molecule has 0 spiro atoms. The van der Waals surface area contributed by atoms with Gasteiger partial charge in [0.1, 0.15) is 6.61 Å². The second-order valence-electron chi connectivity index (χ2n) is 6.55. The van der Waals surface area contributed by atoms with Gasteiger partial charge in [0.15, 0.2) is 17.6 Å². The molecule has 0 saturated carbocycles. The molecule has 0 aromatic heterocycles. The number of hydrogen-bond acceptors (Lipinski definition) is 5. The summed E-state index contributed by atoms with van der Waals surface area (Å²) in [6.45, 7) is 2.44. The zero-order valence-electron chi connectivity index (χ0n) is 16.1. The highest BCUT2D eigenvalue weighted by Gasteiger charge is 2.33. The minimum atomic E-state index is -0.747. The van der Waals surface area contributed by atoms with Gasteiger partial charge < -0.3 is 18.9 Å². The largest absolute Gasteiger partial charge is 0.492 e. The minimum Gasteiger partial charge on any atom is -0.492 e. The fraction of sp³-hybridized carbons (Fsp3) is 0.318. The Morgan fingerprint density at radius 2 is 1.89 bits per heavy atom. The molecule has 1 aliphatic heterocycles. The number of benzene rings is 2. The first-order valence-corrected chi connectivity index (χ1v) is 9.78. The summed E-state index contributed by atoms with van der Waals surface area (Å²) in [5.74, 6) is 0.819. The summed E-state index contributed by atoms with van der Waals surface area (Å²) in [7, 11) is 2.95. The van der Waals surface area contributed by atoms with Gasteiger partial charge in [-0.2, -0.15) is 0 Å². The third-order valence-corrected chi connectivity index (χ3v) is 5.05. The summed E-state index contributed by atoms with van der Waals surface area (Å²) in [6, 6.07) is 13.7. The Kier molecular flexibility index (Phi) is 6.75. The summed E-state index contributed by atoms with van der Waals surface area (Å²) in [4.78, 5) is 11.9. The first-order valence-electron chi connectivity index (χ1n) is 8.99. The molecule has 148 valence electrons. The van der Waals surface area contributed by atoms with E-state index in [2.05, 4.69) is 15.9 Å². The third-order valence-electron chi connectivity index (χ3n) is 4.59. The summed E-state index contributed by atoms with van der Waals surface area (Å²) in [6.07, 6.45) is 2.56. The van der Waals surface area contributed by atoms with Crippen LogP contribution in [0.15, 0.2) is 59.1 Å². The molecule has 3 atom stereocenters. The van der Waals surface area contributed by atoms with Crippen molar-refractivity contribution in [3.05, 3.63) is 70.2 Å². The number of esters is 1. The van der Waals surface area contributed by atoms with E-state index in [9.17, 15) is 4.79 Å². The van der Waals surface area contributed by atoms with Crippen molar-refractivity contribution in [2.24, 2.45) is 5.92 Å². The number of halogens is 1. The lowest BCUT2D eigenvalue weighted by atomic mass is 9.93. The van der Waals surface area contributed by atoms with Crippen molar-refractivity contribution in [2.45, 2.75) is 25.7 Å². The molecular formula is C22H23BrO5. The van der Waals surface area contributed by atoms with Gasteiger partial charge in [-0.15, -0.1) is 0 Å². The summed E-state index contributed by atoms with van der Waals surface area (Å²) in [5, 5.41) is 0. The van der Waals surface area contributed by atoms with E-state index in [0.29, 0.717) is 18.1 Å². The smallest absolute Gasteiger partial charge is 0.339 e. The normalized spacial score (nSPS) is 21.2. The van der Waals surface area contributed by atoms with Gasteiger partial charge >= 0.3 is 5.97 Å². The van der Waals surface area contributed by atoms with E-state index < -0.39 is 12.1 Å². The average Bonchev–Trinajstić information content (AvgIpc) is 2.72. The Morgan fingerprint density at radius 1 is 1.14 bits per heavy atom. The van der Waals surface area contributed by atoms with Gasteiger partial charge in [0.05, 0.1) is 20.3 Å². The lowest BCUT2D eigenvalue weighted by Gasteiger charge is -2.31. The topological polar surface area (TPSA) is 54.0 Å². The molecule has 0 unspecified atom stereocenters. The van der Waals surface area contributed by atoms with Crippen molar-refractivity contribution in [3.8, 4) is 11.5 Å². The van der Waals surface area contributed by atoms with Crippen LogP contribution in [0.1, 0.15) is 24.2 Å². The van der Waals surface area contributed by atoms with Gasteiger partial charge in [0.2, 0.25) is 0 Å². The highest BCUT2D eigenvalue weighted by atomic mass is 79.9. The van der Waals surface area contributed by atoms with Crippen LogP contribution >= 0.6 is 15.9 Å². The van der Waals surface area contributed by atoms with Crippen LogP contribution in [0, 0.1) is 5.92 Å². The molecule has 2 aromatic carbocycles. The van der Waals surface area contributed by atoms with Crippen molar-refractivity contribution in [1.29, 1.82) is 0 Å². The van der Waals surface area contributed by atoms with Crippen LogP contribution < -0.4 is 9.47 Å². The molecule has 0 saturated heterocycles. The zero-order chi connectivity index (χ0) is 20.1. The van der Waals surface area contributed by atoms with Gasteiger partial charge in [0, 0.05) is 16.0 Å². The first kappa shape index (κ1) is 20.4. The third kappa shape index (κ3) is 4.56. The van der Waals surface area contributed by atoms with Crippen LogP contribution in [0.3, 0.4) is 0 Å². The van der Waals surface area contributed by atoms with E-state index in [0.717, 1.165) is 15.6 Å². The fourth-order valence-corrected chi connectivity index (χ4v) is 3.63. The number of methoxy groups -OCH3 is 2. The van der Waals surface area contributed by atoms with Crippen molar-refractivity contribution in [1.82, 2.24) is 0 Å². The van der Waals surface area contributed by atoms with Crippen molar-refractivity contribution < 1.29 is 23.7 Å². The highest BCUT2D eigenvalue weighted by Crippen LogP contribution is 2.44. The van der Waals surface area contributed by atoms with Crippen LogP contribution in [-0.2, 0) is 20.9 Å². The number of ether oxygens (including phenoxy) is 4. The van der Waals surface area contributed by atoms with Crippen LogP contribution in [0.2, 0.25) is 0 Å². The number of hydrogen-bond donors (Lipinski definition) is 0. The maximum atomic E-state index is 11.9. The molecule has 6 heteroatoms. The Balaban J connectivity index is 1.91. The maximum Gasteiger partial charge on any atom is 0.339 e.